The summed E-state index contributed by atoms with van der Waals surface area (Å²) in [5.74, 6) is -2.57. The van der Waals surface area contributed by atoms with E-state index in [0.717, 1.165) is 5.57 Å². The molecule has 0 aromatic carbocycles. The van der Waals surface area contributed by atoms with Crippen LogP contribution in [-0.4, -0.2) is 87.5 Å². The summed E-state index contributed by atoms with van der Waals surface area (Å²) in [7, 11) is 0. The minimum atomic E-state index is -1.56. The lowest BCUT2D eigenvalue weighted by atomic mass is 9.90. The molecule has 0 aliphatic carbocycles. The minimum absolute atomic E-state index is 0.0879. The standard InChI is InChI=1S/C21H34O10/c1-10(6-14-7-11(2)20(28)30-14)4-5-13(12(3)19(26)27)9-29-21-18(25)17(24)16(23)15(8-22)31-21/h4,11-18,21-25H,5-9H2,1-3H3,(H,26,27)/b10-4-/t11-,12+,13-,14+,15-,16+,17+,18-,21+/m0/s1. The van der Waals surface area contributed by atoms with Gasteiger partial charge >= 0.3 is 11.9 Å². The van der Waals surface area contributed by atoms with Gasteiger partial charge in [-0.2, -0.15) is 0 Å². The smallest absolute Gasteiger partial charge is 0.309 e. The molecule has 10 heteroatoms. The molecule has 2 fully saturated rings. The third-order valence-electron chi connectivity index (χ3n) is 6.04. The van der Waals surface area contributed by atoms with Gasteiger partial charge in [-0.1, -0.05) is 25.5 Å². The van der Waals surface area contributed by atoms with Crippen LogP contribution in [0.4, 0.5) is 0 Å². The van der Waals surface area contributed by atoms with Crippen LogP contribution in [0.25, 0.3) is 0 Å². The lowest BCUT2D eigenvalue weighted by Crippen LogP contribution is -2.59. The Morgan fingerprint density at radius 3 is 2.48 bits per heavy atom. The maximum Gasteiger partial charge on any atom is 0.309 e. The zero-order valence-corrected chi connectivity index (χ0v) is 18.1. The summed E-state index contributed by atoms with van der Waals surface area (Å²) in [6.45, 7) is 4.59. The molecule has 31 heavy (non-hydrogen) atoms. The molecule has 0 bridgehead atoms. The Morgan fingerprint density at radius 2 is 1.94 bits per heavy atom. The molecule has 9 atom stereocenters. The predicted octanol–water partition coefficient (Wildman–Crippen LogP) is -0.182. The Morgan fingerprint density at radius 1 is 1.26 bits per heavy atom. The van der Waals surface area contributed by atoms with E-state index in [2.05, 4.69) is 0 Å². The van der Waals surface area contributed by atoms with Crippen molar-refractivity contribution in [3.63, 3.8) is 0 Å². The molecule has 0 aromatic heterocycles. The fraction of sp³-hybridized carbons (Fsp3) is 0.810. The molecule has 0 radical (unpaired) electrons. The topological polar surface area (TPSA) is 163 Å². The molecule has 2 saturated heterocycles. The number of allylic oxidation sites excluding steroid dienone is 1. The van der Waals surface area contributed by atoms with Crippen LogP contribution in [0.1, 0.15) is 40.0 Å². The van der Waals surface area contributed by atoms with Crippen LogP contribution < -0.4 is 0 Å². The number of hydrogen-bond acceptors (Lipinski definition) is 9. The van der Waals surface area contributed by atoms with Crippen molar-refractivity contribution in [1.82, 2.24) is 0 Å². The van der Waals surface area contributed by atoms with Crippen LogP contribution in [-0.2, 0) is 23.8 Å². The Bertz CT molecular complexity index is 648. The SMILES string of the molecule is C/C(=C/C[C@@H](CO[C@@H]1O[C@@H](CO)[C@@H](O)[C@@H](O)[C@@H]1O)[C@@H](C)C(=O)O)C[C@@H]1C[C@H](C)C(=O)O1. The van der Waals surface area contributed by atoms with Crippen molar-refractivity contribution in [2.75, 3.05) is 13.2 Å². The first kappa shape index (κ1) is 25.7. The number of carbonyl (C=O) groups is 2. The summed E-state index contributed by atoms with van der Waals surface area (Å²) < 4.78 is 16.2. The number of aliphatic carboxylic acids is 1. The molecular formula is C21H34O10. The second kappa shape index (κ2) is 11.3. The largest absolute Gasteiger partial charge is 0.481 e. The molecule has 2 heterocycles. The number of ether oxygens (including phenoxy) is 3. The number of aliphatic hydroxyl groups is 4. The number of rotatable bonds is 10. The van der Waals surface area contributed by atoms with Crippen LogP contribution in [0, 0.1) is 17.8 Å². The average Bonchev–Trinajstić information content (AvgIpc) is 3.03. The number of carboxylic acids is 1. The summed E-state index contributed by atoms with van der Waals surface area (Å²) in [5, 5.41) is 48.5. The van der Waals surface area contributed by atoms with Crippen molar-refractivity contribution in [3.05, 3.63) is 11.6 Å². The van der Waals surface area contributed by atoms with E-state index in [0.29, 0.717) is 19.3 Å². The lowest BCUT2D eigenvalue weighted by molar-refractivity contribution is -0.303. The van der Waals surface area contributed by atoms with Crippen molar-refractivity contribution in [3.8, 4) is 0 Å². The van der Waals surface area contributed by atoms with Crippen LogP contribution in [0.3, 0.4) is 0 Å². The summed E-state index contributed by atoms with van der Waals surface area (Å²) in [5.41, 5.74) is 0.960. The van der Waals surface area contributed by atoms with Gasteiger partial charge in [0.1, 0.15) is 30.5 Å². The van der Waals surface area contributed by atoms with E-state index >= 15 is 0 Å². The van der Waals surface area contributed by atoms with Crippen molar-refractivity contribution >= 4 is 11.9 Å². The van der Waals surface area contributed by atoms with E-state index in [-0.39, 0.29) is 24.6 Å². The summed E-state index contributed by atoms with van der Waals surface area (Å²) >= 11 is 0. The van der Waals surface area contributed by atoms with E-state index in [4.69, 9.17) is 14.2 Å². The van der Waals surface area contributed by atoms with Gasteiger partial charge in [0.2, 0.25) is 0 Å². The monoisotopic (exact) mass is 446 g/mol. The normalized spacial score (nSPS) is 36.2. The van der Waals surface area contributed by atoms with E-state index < -0.39 is 55.1 Å². The molecule has 10 nitrogen and oxygen atoms in total. The van der Waals surface area contributed by atoms with E-state index in [1.807, 2.05) is 19.9 Å². The van der Waals surface area contributed by atoms with Gasteiger partial charge in [0.05, 0.1) is 25.0 Å². The molecule has 178 valence electrons. The number of hydrogen-bond donors (Lipinski definition) is 5. The van der Waals surface area contributed by atoms with Gasteiger partial charge < -0.3 is 39.7 Å². The quantitative estimate of drug-likeness (QED) is 0.225. The molecule has 5 N–H and O–H groups in total. The molecule has 2 aliphatic rings. The Kier molecular flexibility index (Phi) is 9.41. The van der Waals surface area contributed by atoms with E-state index in [1.165, 1.54) is 0 Å². The Hall–Kier alpha value is -1.56. The third kappa shape index (κ3) is 6.71. The van der Waals surface area contributed by atoms with Gasteiger partial charge in [-0.25, -0.2) is 0 Å². The molecule has 2 rings (SSSR count). The van der Waals surface area contributed by atoms with Gasteiger partial charge in [0.15, 0.2) is 6.29 Å². The van der Waals surface area contributed by atoms with E-state index in [1.54, 1.807) is 6.92 Å². The van der Waals surface area contributed by atoms with Crippen molar-refractivity contribution in [2.45, 2.75) is 76.8 Å². The second-order valence-corrected chi connectivity index (χ2v) is 8.60. The average molecular weight is 446 g/mol. The summed E-state index contributed by atoms with van der Waals surface area (Å²) in [6, 6.07) is 0. The highest BCUT2D eigenvalue weighted by atomic mass is 16.7. The maximum absolute atomic E-state index is 11.5. The first-order chi connectivity index (χ1) is 14.5. The van der Waals surface area contributed by atoms with Crippen molar-refractivity contribution in [1.29, 1.82) is 0 Å². The molecular weight excluding hydrogens is 412 g/mol. The first-order valence-corrected chi connectivity index (χ1v) is 10.6. The molecule has 0 unspecified atom stereocenters. The van der Waals surface area contributed by atoms with Gasteiger partial charge in [-0.3, -0.25) is 9.59 Å². The van der Waals surface area contributed by atoms with Crippen molar-refractivity contribution in [2.24, 2.45) is 17.8 Å². The summed E-state index contributed by atoms with van der Waals surface area (Å²) in [6.07, 6.45) is -3.73. The molecule has 0 spiro atoms. The van der Waals surface area contributed by atoms with Gasteiger partial charge in [-0.15, -0.1) is 0 Å². The van der Waals surface area contributed by atoms with E-state index in [9.17, 15) is 35.1 Å². The second-order valence-electron chi connectivity index (χ2n) is 8.60. The Balaban J connectivity index is 1.97. The van der Waals surface area contributed by atoms with Crippen LogP contribution >= 0.6 is 0 Å². The fourth-order valence-corrected chi connectivity index (χ4v) is 3.78. The molecule has 0 amide bonds. The zero-order valence-electron chi connectivity index (χ0n) is 18.1. The molecule has 0 saturated carbocycles. The van der Waals surface area contributed by atoms with Crippen molar-refractivity contribution < 1.29 is 49.3 Å². The fourth-order valence-electron chi connectivity index (χ4n) is 3.78. The summed E-state index contributed by atoms with van der Waals surface area (Å²) in [4.78, 5) is 23.1. The third-order valence-corrected chi connectivity index (χ3v) is 6.04. The highest BCUT2D eigenvalue weighted by Gasteiger charge is 2.44. The Labute approximate surface area is 181 Å². The predicted molar refractivity (Wildman–Crippen MR) is 107 cm³/mol. The maximum atomic E-state index is 11.5. The van der Waals surface area contributed by atoms with Crippen LogP contribution in [0.5, 0.6) is 0 Å². The van der Waals surface area contributed by atoms with Crippen LogP contribution in [0.15, 0.2) is 11.6 Å². The lowest BCUT2D eigenvalue weighted by Gasteiger charge is -2.40. The molecule has 2 aliphatic heterocycles. The number of esters is 1. The zero-order chi connectivity index (χ0) is 23.3. The molecule has 0 aromatic rings. The first-order valence-electron chi connectivity index (χ1n) is 10.6. The van der Waals surface area contributed by atoms with Gasteiger partial charge in [-0.05, 0) is 25.7 Å². The van der Waals surface area contributed by atoms with Crippen LogP contribution in [0.2, 0.25) is 0 Å². The van der Waals surface area contributed by atoms with Gasteiger partial charge in [0, 0.05) is 6.42 Å². The highest BCUT2D eigenvalue weighted by molar-refractivity contribution is 5.74. The number of cyclic esters (lactones) is 1. The highest BCUT2D eigenvalue weighted by Crippen LogP contribution is 2.27. The number of carbonyl (C=O) groups excluding carboxylic acids is 1. The van der Waals surface area contributed by atoms with Gasteiger partial charge in [0.25, 0.3) is 0 Å². The minimum Gasteiger partial charge on any atom is -0.481 e. The number of carboxylic acid groups (broad SMARTS) is 1. The number of aliphatic hydroxyl groups excluding tert-OH is 4.